The van der Waals surface area contributed by atoms with Gasteiger partial charge in [-0.2, -0.15) is 0 Å². The molecule has 0 spiro atoms. The molecule has 0 bridgehead atoms. The van der Waals surface area contributed by atoms with Crippen LogP contribution in [0.4, 0.5) is 0 Å². The first kappa shape index (κ1) is 18.5. The van der Waals surface area contributed by atoms with Gasteiger partial charge < -0.3 is 5.11 Å². The van der Waals surface area contributed by atoms with Gasteiger partial charge in [-0.25, -0.2) is 0 Å². The van der Waals surface area contributed by atoms with Gasteiger partial charge in [0.2, 0.25) is 0 Å². The summed E-state index contributed by atoms with van der Waals surface area (Å²) in [5.74, 6) is 1.01. The predicted molar refractivity (Wildman–Crippen MR) is 98.3 cm³/mol. The number of nitrogens with zero attached hydrogens (tertiary/aromatic N) is 1. The fourth-order valence-corrected chi connectivity index (χ4v) is 4.32. The van der Waals surface area contributed by atoms with Crippen LogP contribution in [0.15, 0.2) is 30.3 Å². The molecule has 1 saturated carbocycles. The Labute approximate surface area is 142 Å². The van der Waals surface area contributed by atoms with Crippen LogP contribution in [0.1, 0.15) is 65.9 Å². The Kier molecular flexibility index (Phi) is 6.27. The van der Waals surface area contributed by atoms with Gasteiger partial charge in [-0.1, -0.05) is 50.6 Å². The van der Waals surface area contributed by atoms with Gasteiger partial charge in [0.1, 0.15) is 0 Å². The summed E-state index contributed by atoms with van der Waals surface area (Å²) in [6.07, 6.45) is 4.29. The highest BCUT2D eigenvalue weighted by molar-refractivity contribution is 5.15. The smallest absolute Gasteiger partial charge is 0.0588 e. The normalized spacial score (nSPS) is 27.2. The predicted octanol–water partition coefficient (Wildman–Crippen LogP) is 4.86. The van der Waals surface area contributed by atoms with E-state index in [9.17, 15) is 5.11 Å². The lowest BCUT2D eigenvalue weighted by Gasteiger charge is -2.50. The third-order valence-electron chi connectivity index (χ3n) is 6.05. The molecule has 23 heavy (non-hydrogen) atoms. The molecule has 1 aliphatic carbocycles. The van der Waals surface area contributed by atoms with E-state index in [4.69, 9.17) is 0 Å². The van der Waals surface area contributed by atoms with Gasteiger partial charge in [0.15, 0.2) is 0 Å². The van der Waals surface area contributed by atoms with E-state index in [0.29, 0.717) is 17.9 Å². The Hall–Kier alpha value is -0.860. The molecule has 2 heteroatoms. The van der Waals surface area contributed by atoms with Gasteiger partial charge in [0.25, 0.3) is 0 Å². The van der Waals surface area contributed by atoms with Crippen molar-refractivity contribution in [3.05, 3.63) is 35.9 Å². The van der Waals surface area contributed by atoms with E-state index in [-0.39, 0.29) is 11.6 Å². The standard InChI is InChI=1S/C21H35NO/c1-6-17(3)22(15-18-10-8-7-9-11-18)21(4,5)19-13-12-16(2)14-20(19)23/h7-11,16-17,19-20,23H,6,12-15H2,1-5H3/t16-,17+,19-,20-/m1/s1. The summed E-state index contributed by atoms with van der Waals surface area (Å²) >= 11 is 0. The minimum absolute atomic E-state index is 0.00479. The van der Waals surface area contributed by atoms with Gasteiger partial charge in [-0.15, -0.1) is 0 Å². The monoisotopic (exact) mass is 317 g/mol. The molecule has 1 aromatic carbocycles. The Morgan fingerprint density at radius 2 is 1.87 bits per heavy atom. The summed E-state index contributed by atoms with van der Waals surface area (Å²) in [6.45, 7) is 12.5. The fraction of sp³-hybridized carbons (Fsp3) is 0.714. The summed E-state index contributed by atoms with van der Waals surface area (Å²) in [5, 5.41) is 10.7. The number of rotatable bonds is 6. The van der Waals surface area contributed by atoms with E-state index in [2.05, 4.69) is 69.9 Å². The molecule has 1 aromatic rings. The molecule has 0 heterocycles. The second-order valence-corrected chi connectivity index (χ2v) is 8.12. The maximum absolute atomic E-state index is 10.7. The van der Waals surface area contributed by atoms with E-state index >= 15 is 0 Å². The van der Waals surface area contributed by atoms with Crippen molar-refractivity contribution in [3.63, 3.8) is 0 Å². The Morgan fingerprint density at radius 1 is 1.22 bits per heavy atom. The lowest BCUT2D eigenvalue weighted by molar-refractivity contribution is -0.0620. The molecule has 1 N–H and O–H groups in total. The number of hydrogen-bond acceptors (Lipinski definition) is 2. The van der Waals surface area contributed by atoms with E-state index < -0.39 is 0 Å². The largest absolute Gasteiger partial charge is 0.393 e. The number of aliphatic hydroxyl groups is 1. The Balaban J connectivity index is 2.22. The second-order valence-electron chi connectivity index (χ2n) is 8.12. The van der Waals surface area contributed by atoms with Crippen LogP contribution in [-0.2, 0) is 6.54 Å². The molecule has 0 aromatic heterocycles. The maximum atomic E-state index is 10.7. The van der Waals surface area contributed by atoms with Gasteiger partial charge in [0, 0.05) is 24.0 Å². The molecule has 2 rings (SSSR count). The molecule has 4 atom stereocenters. The first-order valence-electron chi connectivity index (χ1n) is 9.35. The molecular weight excluding hydrogens is 282 g/mol. The lowest BCUT2D eigenvalue weighted by Crippen LogP contribution is -2.56. The van der Waals surface area contributed by atoms with E-state index in [1.807, 2.05) is 0 Å². The highest BCUT2D eigenvalue weighted by Gasteiger charge is 2.42. The molecule has 2 nitrogen and oxygen atoms in total. The van der Waals surface area contributed by atoms with E-state index in [0.717, 1.165) is 25.8 Å². The highest BCUT2D eigenvalue weighted by atomic mass is 16.3. The highest BCUT2D eigenvalue weighted by Crippen LogP contribution is 2.40. The van der Waals surface area contributed by atoms with Crippen molar-refractivity contribution in [2.45, 2.75) is 84.5 Å². The van der Waals surface area contributed by atoms with Crippen LogP contribution in [-0.4, -0.2) is 27.7 Å². The maximum Gasteiger partial charge on any atom is 0.0588 e. The van der Waals surface area contributed by atoms with Crippen LogP contribution < -0.4 is 0 Å². The average molecular weight is 318 g/mol. The van der Waals surface area contributed by atoms with Crippen molar-refractivity contribution in [1.29, 1.82) is 0 Å². The first-order chi connectivity index (χ1) is 10.9. The third-order valence-corrected chi connectivity index (χ3v) is 6.05. The zero-order valence-corrected chi connectivity index (χ0v) is 15.6. The minimum atomic E-state index is -0.170. The topological polar surface area (TPSA) is 23.5 Å². The number of benzene rings is 1. The van der Waals surface area contributed by atoms with E-state index in [1.165, 1.54) is 12.0 Å². The first-order valence-corrected chi connectivity index (χ1v) is 9.35. The molecule has 0 unspecified atom stereocenters. The SMILES string of the molecule is CC[C@H](C)N(Cc1ccccc1)C(C)(C)[C@@H]1CC[C@@H](C)C[C@H]1O. The van der Waals surface area contributed by atoms with Crippen LogP contribution in [0.5, 0.6) is 0 Å². The summed E-state index contributed by atoms with van der Waals surface area (Å²) in [4.78, 5) is 2.62. The zero-order chi connectivity index (χ0) is 17.0. The second kappa shape index (κ2) is 7.81. The van der Waals surface area contributed by atoms with Crippen molar-refractivity contribution in [2.75, 3.05) is 0 Å². The molecule has 0 amide bonds. The van der Waals surface area contributed by atoms with Crippen LogP contribution in [0.25, 0.3) is 0 Å². The van der Waals surface area contributed by atoms with Crippen LogP contribution in [0.2, 0.25) is 0 Å². The Morgan fingerprint density at radius 3 is 2.43 bits per heavy atom. The molecule has 0 aliphatic heterocycles. The zero-order valence-electron chi connectivity index (χ0n) is 15.6. The fourth-order valence-electron chi connectivity index (χ4n) is 4.32. The average Bonchev–Trinajstić information content (AvgIpc) is 2.52. The molecule has 130 valence electrons. The van der Waals surface area contributed by atoms with Gasteiger partial charge >= 0.3 is 0 Å². The van der Waals surface area contributed by atoms with Gasteiger partial charge in [0.05, 0.1) is 6.10 Å². The van der Waals surface area contributed by atoms with Gasteiger partial charge in [-0.3, -0.25) is 4.90 Å². The van der Waals surface area contributed by atoms with Crippen molar-refractivity contribution < 1.29 is 5.11 Å². The molecule has 1 aliphatic rings. The summed E-state index contributed by atoms with van der Waals surface area (Å²) in [6, 6.07) is 11.3. The van der Waals surface area contributed by atoms with Crippen molar-refractivity contribution in [3.8, 4) is 0 Å². The van der Waals surface area contributed by atoms with Crippen LogP contribution in [0.3, 0.4) is 0 Å². The summed E-state index contributed by atoms with van der Waals surface area (Å²) in [5.41, 5.74) is 1.37. The molecule has 0 saturated heterocycles. The van der Waals surface area contributed by atoms with E-state index in [1.54, 1.807) is 0 Å². The molecule has 1 fully saturated rings. The summed E-state index contributed by atoms with van der Waals surface area (Å²) in [7, 11) is 0. The molecular formula is C21H35NO. The van der Waals surface area contributed by atoms with Crippen molar-refractivity contribution >= 4 is 0 Å². The lowest BCUT2D eigenvalue weighted by atomic mass is 9.70. The van der Waals surface area contributed by atoms with Gasteiger partial charge in [-0.05, 0) is 51.5 Å². The van der Waals surface area contributed by atoms with Crippen molar-refractivity contribution in [2.24, 2.45) is 11.8 Å². The van der Waals surface area contributed by atoms with Crippen LogP contribution >= 0.6 is 0 Å². The third kappa shape index (κ3) is 4.36. The summed E-state index contributed by atoms with van der Waals surface area (Å²) < 4.78 is 0. The molecule has 0 radical (unpaired) electrons. The number of aliphatic hydroxyl groups excluding tert-OH is 1. The quantitative estimate of drug-likeness (QED) is 0.809. The van der Waals surface area contributed by atoms with Crippen LogP contribution in [0, 0.1) is 11.8 Å². The number of hydrogen-bond donors (Lipinski definition) is 1. The Bertz CT molecular complexity index is 470. The minimum Gasteiger partial charge on any atom is -0.393 e. The van der Waals surface area contributed by atoms with Crippen molar-refractivity contribution in [1.82, 2.24) is 4.90 Å².